The summed E-state index contributed by atoms with van der Waals surface area (Å²) in [4.78, 5) is 11.1. The fraction of sp³-hybridized carbons (Fsp3) is 0.692. The zero-order valence-corrected chi connectivity index (χ0v) is 12.4. The van der Waals surface area contributed by atoms with Crippen LogP contribution in [-0.4, -0.2) is 47.1 Å². The van der Waals surface area contributed by atoms with E-state index in [0.717, 1.165) is 49.1 Å². The Morgan fingerprint density at radius 3 is 3.05 bits per heavy atom. The molecule has 1 aliphatic heterocycles. The summed E-state index contributed by atoms with van der Waals surface area (Å²) in [5.41, 5.74) is 0. The third-order valence-electron chi connectivity index (χ3n) is 3.15. The largest absolute Gasteiger partial charge is 0.391 e. The highest BCUT2D eigenvalue weighted by Crippen LogP contribution is 2.23. The minimum atomic E-state index is -0.242. The normalized spacial score (nSPS) is 19.5. The van der Waals surface area contributed by atoms with Gasteiger partial charge in [0.25, 0.3) is 0 Å². The van der Waals surface area contributed by atoms with Crippen molar-refractivity contribution in [2.24, 2.45) is 0 Å². The molecule has 19 heavy (non-hydrogen) atoms. The second-order valence-electron chi connectivity index (χ2n) is 4.77. The Morgan fingerprint density at radius 1 is 1.53 bits per heavy atom. The van der Waals surface area contributed by atoms with E-state index in [1.54, 1.807) is 11.8 Å². The van der Waals surface area contributed by atoms with Crippen LogP contribution in [0.1, 0.15) is 26.2 Å². The van der Waals surface area contributed by atoms with Crippen LogP contribution in [0.5, 0.6) is 0 Å². The molecule has 1 aliphatic rings. The van der Waals surface area contributed by atoms with E-state index in [1.165, 1.54) is 0 Å². The molecular formula is C13H22N4OS. The van der Waals surface area contributed by atoms with Crippen LogP contribution in [0.25, 0.3) is 0 Å². The monoisotopic (exact) mass is 282 g/mol. The Hall–Kier alpha value is -1.01. The minimum Gasteiger partial charge on any atom is -0.391 e. The van der Waals surface area contributed by atoms with Gasteiger partial charge in [0.2, 0.25) is 0 Å². The first-order chi connectivity index (χ1) is 9.22. The molecule has 2 rings (SSSR count). The van der Waals surface area contributed by atoms with Crippen molar-refractivity contribution in [1.82, 2.24) is 9.97 Å². The van der Waals surface area contributed by atoms with E-state index in [9.17, 15) is 5.11 Å². The van der Waals surface area contributed by atoms with Crippen molar-refractivity contribution in [2.45, 2.75) is 37.4 Å². The highest BCUT2D eigenvalue weighted by Gasteiger charge is 2.20. The molecular weight excluding hydrogens is 260 g/mol. The van der Waals surface area contributed by atoms with Crippen LogP contribution in [-0.2, 0) is 0 Å². The number of piperidine rings is 1. The standard InChI is InChI=1S/C13H22N4OS/c1-3-6-14-11-8-12(16-13(15-11)19-2)17-7-4-5-10(18)9-17/h8,10,18H,3-7,9H2,1-2H3,(H,14,15,16). The lowest BCUT2D eigenvalue weighted by atomic mass is 10.1. The summed E-state index contributed by atoms with van der Waals surface area (Å²) >= 11 is 1.54. The van der Waals surface area contributed by atoms with Gasteiger partial charge in [-0.1, -0.05) is 18.7 Å². The Labute approximate surface area is 118 Å². The molecule has 0 aliphatic carbocycles. The fourth-order valence-corrected chi connectivity index (χ4v) is 2.55. The van der Waals surface area contributed by atoms with E-state index in [2.05, 4.69) is 27.1 Å². The maximum Gasteiger partial charge on any atom is 0.191 e. The quantitative estimate of drug-likeness (QED) is 0.636. The van der Waals surface area contributed by atoms with Crippen molar-refractivity contribution < 1.29 is 5.11 Å². The lowest BCUT2D eigenvalue weighted by Crippen LogP contribution is -2.38. The number of aliphatic hydroxyl groups excluding tert-OH is 1. The van der Waals surface area contributed by atoms with Gasteiger partial charge in [-0.2, -0.15) is 0 Å². The van der Waals surface area contributed by atoms with Gasteiger partial charge in [-0.05, 0) is 25.5 Å². The van der Waals surface area contributed by atoms with Crippen LogP contribution in [0.4, 0.5) is 11.6 Å². The van der Waals surface area contributed by atoms with Gasteiger partial charge in [-0.3, -0.25) is 0 Å². The molecule has 1 unspecified atom stereocenters. The van der Waals surface area contributed by atoms with Gasteiger partial charge in [-0.25, -0.2) is 9.97 Å². The van der Waals surface area contributed by atoms with E-state index in [1.807, 2.05) is 12.3 Å². The average molecular weight is 282 g/mol. The lowest BCUT2D eigenvalue weighted by molar-refractivity contribution is 0.154. The van der Waals surface area contributed by atoms with E-state index < -0.39 is 0 Å². The van der Waals surface area contributed by atoms with Gasteiger partial charge in [0.1, 0.15) is 11.6 Å². The van der Waals surface area contributed by atoms with E-state index >= 15 is 0 Å². The molecule has 1 saturated heterocycles. The highest BCUT2D eigenvalue weighted by molar-refractivity contribution is 7.98. The molecule has 2 heterocycles. The van der Waals surface area contributed by atoms with Crippen LogP contribution >= 0.6 is 11.8 Å². The first kappa shape index (κ1) is 14.4. The van der Waals surface area contributed by atoms with Crippen molar-refractivity contribution in [3.8, 4) is 0 Å². The number of nitrogens with zero attached hydrogens (tertiary/aromatic N) is 3. The van der Waals surface area contributed by atoms with Gasteiger partial charge in [0.15, 0.2) is 5.16 Å². The van der Waals surface area contributed by atoms with E-state index in [4.69, 9.17) is 0 Å². The first-order valence-electron chi connectivity index (χ1n) is 6.83. The molecule has 1 aromatic rings. The van der Waals surface area contributed by atoms with Crippen LogP contribution in [0.15, 0.2) is 11.2 Å². The van der Waals surface area contributed by atoms with Crippen molar-refractivity contribution >= 4 is 23.4 Å². The second kappa shape index (κ2) is 6.96. The summed E-state index contributed by atoms with van der Waals surface area (Å²) in [7, 11) is 0. The molecule has 106 valence electrons. The van der Waals surface area contributed by atoms with Crippen molar-refractivity contribution in [2.75, 3.05) is 36.1 Å². The number of aromatic nitrogens is 2. The predicted molar refractivity (Wildman–Crippen MR) is 80.0 cm³/mol. The molecule has 1 atom stereocenters. The van der Waals surface area contributed by atoms with Crippen LogP contribution < -0.4 is 10.2 Å². The number of hydrogen-bond donors (Lipinski definition) is 2. The number of hydrogen-bond acceptors (Lipinski definition) is 6. The van der Waals surface area contributed by atoms with Gasteiger partial charge in [-0.15, -0.1) is 0 Å². The number of β-amino-alcohol motifs (C(OH)–C–C–N with tert-alkyl or cyclic N) is 1. The maximum absolute atomic E-state index is 9.77. The van der Waals surface area contributed by atoms with Gasteiger partial charge in [0.05, 0.1) is 6.10 Å². The summed E-state index contributed by atoms with van der Waals surface area (Å²) in [6, 6.07) is 1.98. The molecule has 5 nitrogen and oxygen atoms in total. The fourth-order valence-electron chi connectivity index (χ4n) is 2.17. The summed E-state index contributed by atoms with van der Waals surface area (Å²) in [6.07, 6.45) is 4.70. The van der Waals surface area contributed by atoms with Gasteiger partial charge in [0, 0.05) is 25.7 Å². The van der Waals surface area contributed by atoms with Gasteiger partial charge >= 0.3 is 0 Å². The second-order valence-corrected chi connectivity index (χ2v) is 5.54. The molecule has 1 aromatic heterocycles. The molecule has 6 heteroatoms. The molecule has 0 aromatic carbocycles. The summed E-state index contributed by atoms with van der Waals surface area (Å²) in [5, 5.41) is 13.9. The Kier molecular flexibility index (Phi) is 5.27. The topological polar surface area (TPSA) is 61.3 Å². The third kappa shape index (κ3) is 3.98. The molecule has 0 radical (unpaired) electrons. The molecule has 0 spiro atoms. The number of anilines is 2. The number of rotatable bonds is 5. The summed E-state index contributed by atoms with van der Waals surface area (Å²) in [6.45, 7) is 4.66. The smallest absolute Gasteiger partial charge is 0.191 e. The number of aliphatic hydroxyl groups is 1. The minimum absolute atomic E-state index is 0.242. The van der Waals surface area contributed by atoms with Crippen LogP contribution in [0, 0.1) is 0 Å². The zero-order chi connectivity index (χ0) is 13.7. The van der Waals surface area contributed by atoms with Crippen molar-refractivity contribution in [3.63, 3.8) is 0 Å². The van der Waals surface area contributed by atoms with E-state index in [-0.39, 0.29) is 6.10 Å². The van der Waals surface area contributed by atoms with Crippen molar-refractivity contribution in [1.29, 1.82) is 0 Å². The van der Waals surface area contributed by atoms with E-state index in [0.29, 0.717) is 6.54 Å². The van der Waals surface area contributed by atoms with Crippen LogP contribution in [0.3, 0.4) is 0 Å². The Bertz CT molecular complexity index is 416. The van der Waals surface area contributed by atoms with Crippen molar-refractivity contribution in [3.05, 3.63) is 6.07 Å². The van der Waals surface area contributed by atoms with Crippen LogP contribution in [0.2, 0.25) is 0 Å². The third-order valence-corrected chi connectivity index (χ3v) is 3.70. The Morgan fingerprint density at radius 2 is 2.37 bits per heavy atom. The molecule has 0 amide bonds. The zero-order valence-electron chi connectivity index (χ0n) is 11.6. The first-order valence-corrected chi connectivity index (χ1v) is 8.05. The Balaban J connectivity index is 2.17. The maximum atomic E-state index is 9.77. The molecule has 1 fully saturated rings. The predicted octanol–water partition coefficient (Wildman–Crippen LogP) is 1.98. The number of thioether (sulfide) groups is 1. The SMILES string of the molecule is CCCNc1cc(N2CCCC(O)C2)nc(SC)n1. The molecule has 0 bridgehead atoms. The summed E-state index contributed by atoms with van der Waals surface area (Å²) < 4.78 is 0. The molecule has 2 N–H and O–H groups in total. The highest BCUT2D eigenvalue weighted by atomic mass is 32.2. The lowest BCUT2D eigenvalue weighted by Gasteiger charge is -2.31. The average Bonchev–Trinajstić information content (AvgIpc) is 2.44. The number of nitrogens with one attached hydrogen (secondary N) is 1. The van der Waals surface area contributed by atoms with Gasteiger partial charge < -0.3 is 15.3 Å². The summed E-state index contributed by atoms with van der Waals surface area (Å²) in [5.74, 6) is 1.79. The molecule has 0 saturated carbocycles.